The summed E-state index contributed by atoms with van der Waals surface area (Å²) in [5.41, 5.74) is 0. The third-order valence-corrected chi connectivity index (χ3v) is 13.4. The Labute approximate surface area is 310 Å². The molecule has 0 rings (SSSR count). The molecule has 6 unspecified atom stereocenters. The predicted octanol–water partition coefficient (Wildman–Crippen LogP) is 11.0. The van der Waals surface area contributed by atoms with E-state index in [2.05, 4.69) is 27.7 Å². The standard InChI is InChI=1S/C40H78O7S2/c1-7-11-13-15-17-19-21-35(9-3)31-48-37(33(5)39(41)42)23-25-45-27-29-47-30-28-46-26-24-38(34(6)40(43)44)49-32-36(10-4)22-20-18-16-14-12-8-2/h33-38H,7-32H2,1-6H3,(H,41,42)(H,43,44). The van der Waals surface area contributed by atoms with Gasteiger partial charge in [-0.05, 0) is 49.0 Å². The predicted molar refractivity (Wildman–Crippen MR) is 211 cm³/mol. The highest BCUT2D eigenvalue weighted by molar-refractivity contribution is 8.00. The highest BCUT2D eigenvalue weighted by atomic mass is 32.2. The molecule has 0 fully saturated rings. The normalized spacial score (nSPS) is 15.5. The smallest absolute Gasteiger partial charge is 0.307 e. The second-order valence-corrected chi connectivity index (χ2v) is 16.6. The fourth-order valence-electron chi connectivity index (χ4n) is 5.97. The van der Waals surface area contributed by atoms with Gasteiger partial charge in [0.25, 0.3) is 0 Å². The molecule has 0 radical (unpaired) electrons. The van der Waals surface area contributed by atoms with Gasteiger partial charge in [0.2, 0.25) is 0 Å². The Bertz CT molecular complexity index is 696. The Morgan fingerprint density at radius 2 is 0.816 bits per heavy atom. The second kappa shape index (κ2) is 34.6. The van der Waals surface area contributed by atoms with Crippen LogP contribution in [0.5, 0.6) is 0 Å². The molecule has 0 saturated heterocycles. The van der Waals surface area contributed by atoms with Gasteiger partial charge < -0.3 is 24.4 Å². The molecule has 0 aromatic rings. The Morgan fingerprint density at radius 1 is 0.490 bits per heavy atom. The fraction of sp³-hybridized carbons (Fsp3) is 0.950. The molecule has 0 aromatic carbocycles. The van der Waals surface area contributed by atoms with Gasteiger partial charge in [0.1, 0.15) is 0 Å². The molecule has 0 saturated carbocycles. The van der Waals surface area contributed by atoms with E-state index in [0.29, 0.717) is 51.5 Å². The lowest BCUT2D eigenvalue weighted by Gasteiger charge is -2.23. The monoisotopic (exact) mass is 735 g/mol. The Kier molecular flexibility index (Phi) is 34.3. The van der Waals surface area contributed by atoms with Crippen LogP contribution < -0.4 is 0 Å². The number of ether oxygens (including phenoxy) is 3. The van der Waals surface area contributed by atoms with Gasteiger partial charge in [0.05, 0.1) is 38.3 Å². The highest BCUT2D eigenvalue weighted by Gasteiger charge is 2.26. The molecule has 0 heterocycles. The van der Waals surface area contributed by atoms with Crippen LogP contribution >= 0.6 is 23.5 Å². The number of hydrogen-bond donors (Lipinski definition) is 2. The topological polar surface area (TPSA) is 102 Å². The van der Waals surface area contributed by atoms with E-state index >= 15 is 0 Å². The van der Waals surface area contributed by atoms with Crippen LogP contribution in [0, 0.1) is 23.7 Å². The van der Waals surface area contributed by atoms with Crippen molar-refractivity contribution in [1.29, 1.82) is 0 Å². The quantitative estimate of drug-likeness (QED) is 0.0600. The van der Waals surface area contributed by atoms with Gasteiger partial charge in [-0.1, -0.05) is 131 Å². The summed E-state index contributed by atoms with van der Waals surface area (Å²) in [6.45, 7) is 15.6. The Morgan fingerprint density at radius 3 is 1.14 bits per heavy atom. The van der Waals surface area contributed by atoms with Gasteiger partial charge in [-0.3, -0.25) is 9.59 Å². The van der Waals surface area contributed by atoms with E-state index in [1.54, 1.807) is 0 Å². The first-order valence-electron chi connectivity index (χ1n) is 20.1. The lowest BCUT2D eigenvalue weighted by Crippen LogP contribution is -2.26. The van der Waals surface area contributed by atoms with Gasteiger partial charge >= 0.3 is 11.9 Å². The maximum atomic E-state index is 11.8. The zero-order chi connectivity index (χ0) is 36.5. The van der Waals surface area contributed by atoms with Gasteiger partial charge in [-0.25, -0.2) is 0 Å². The van der Waals surface area contributed by atoms with E-state index in [9.17, 15) is 19.8 Å². The van der Waals surface area contributed by atoms with Crippen molar-refractivity contribution in [3.63, 3.8) is 0 Å². The molecule has 9 heteroatoms. The van der Waals surface area contributed by atoms with Crippen molar-refractivity contribution < 1.29 is 34.0 Å². The minimum absolute atomic E-state index is 0.0458. The first kappa shape index (κ1) is 48.5. The number of carbonyl (C=O) groups is 2. The summed E-state index contributed by atoms with van der Waals surface area (Å²) >= 11 is 3.63. The average molecular weight is 735 g/mol. The number of aliphatic carboxylic acids is 2. The molecule has 6 atom stereocenters. The zero-order valence-electron chi connectivity index (χ0n) is 32.6. The first-order chi connectivity index (χ1) is 23.7. The molecule has 0 aliphatic carbocycles. The van der Waals surface area contributed by atoms with Crippen molar-refractivity contribution >= 4 is 35.5 Å². The lowest BCUT2D eigenvalue weighted by molar-refractivity contribution is -0.142. The second-order valence-electron chi connectivity index (χ2n) is 14.1. The molecule has 0 amide bonds. The summed E-state index contributed by atoms with van der Waals surface area (Å²) in [7, 11) is 0. The van der Waals surface area contributed by atoms with Crippen molar-refractivity contribution in [2.24, 2.45) is 23.7 Å². The first-order valence-corrected chi connectivity index (χ1v) is 22.2. The summed E-state index contributed by atoms with van der Waals surface area (Å²) in [5.74, 6) is 1.06. The molecule has 0 spiro atoms. The largest absolute Gasteiger partial charge is 0.481 e. The fourth-order valence-corrected chi connectivity index (χ4v) is 9.15. The van der Waals surface area contributed by atoms with Crippen molar-refractivity contribution in [3.05, 3.63) is 0 Å². The summed E-state index contributed by atoms with van der Waals surface area (Å²) in [4.78, 5) is 23.5. The molecule has 0 aliphatic heterocycles. The SMILES string of the molecule is CCCCCCCCC(CC)CSC(CCOCCOCCOCCC(SCC(CC)CCCCCCCC)C(C)C(=O)O)C(C)C(=O)O. The van der Waals surface area contributed by atoms with E-state index in [1.165, 1.54) is 89.9 Å². The molecule has 2 N–H and O–H groups in total. The number of carboxylic acid groups (broad SMARTS) is 2. The summed E-state index contributed by atoms with van der Waals surface area (Å²) in [5, 5.41) is 19.4. The van der Waals surface area contributed by atoms with E-state index in [1.807, 2.05) is 37.4 Å². The van der Waals surface area contributed by atoms with Gasteiger partial charge in [0.15, 0.2) is 0 Å². The molecule has 7 nitrogen and oxygen atoms in total. The number of rotatable bonds is 38. The minimum Gasteiger partial charge on any atom is -0.481 e. The molecular formula is C40H78O7S2. The van der Waals surface area contributed by atoms with Crippen molar-refractivity contribution in [1.82, 2.24) is 0 Å². The molecular weight excluding hydrogens is 657 g/mol. The molecule has 0 bridgehead atoms. The van der Waals surface area contributed by atoms with Gasteiger partial charge in [0, 0.05) is 23.7 Å². The maximum Gasteiger partial charge on any atom is 0.307 e. The van der Waals surface area contributed by atoms with E-state index in [-0.39, 0.29) is 10.5 Å². The van der Waals surface area contributed by atoms with Crippen LogP contribution in [0.4, 0.5) is 0 Å². The number of unbranched alkanes of at least 4 members (excludes halogenated alkanes) is 10. The van der Waals surface area contributed by atoms with Crippen LogP contribution in [0.25, 0.3) is 0 Å². The summed E-state index contributed by atoms with van der Waals surface area (Å²) in [6, 6.07) is 0. The third kappa shape index (κ3) is 27.8. The van der Waals surface area contributed by atoms with E-state index in [4.69, 9.17) is 14.2 Å². The molecule has 49 heavy (non-hydrogen) atoms. The molecule has 292 valence electrons. The molecule has 0 aliphatic rings. The minimum atomic E-state index is -0.735. The van der Waals surface area contributed by atoms with Gasteiger partial charge in [-0.15, -0.1) is 0 Å². The van der Waals surface area contributed by atoms with Crippen LogP contribution in [-0.4, -0.2) is 83.8 Å². The Balaban J connectivity index is 4.25. The van der Waals surface area contributed by atoms with E-state index < -0.39 is 23.8 Å². The van der Waals surface area contributed by atoms with Crippen LogP contribution in [0.2, 0.25) is 0 Å². The van der Waals surface area contributed by atoms with Crippen LogP contribution in [0.15, 0.2) is 0 Å². The zero-order valence-corrected chi connectivity index (χ0v) is 34.2. The van der Waals surface area contributed by atoms with Crippen LogP contribution in [0.3, 0.4) is 0 Å². The summed E-state index contributed by atoms with van der Waals surface area (Å²) in [6.07, 6.45) is 21.9. The van der Waals surface area contributed by atoms with E-state index in [0.717, 1.165) is 37.2 Å². The maximum absolute atomic E-state index is 11.8. The van der Waals surface area contributed by atoms with Crippen molar-refractivity contribution in [2.45, 2.75) is 168 Å². The van der Waals surface area contributed by atoms with Crippen molar-refractivity contribution in [2.75, 3.05) is 51.1 Å². The summed E-state index contributed by atoms with van der Waals surface area (Å²) < 4.78 is 17.3. The molecule has 0 aromatic heterocycles. The lowest BCUT2D eigenvalue weighted by atomic mass is 10.00. The van der Waals surface area contributed by atoms with Crippen LogP contribution in [0.1, 0.15) is 157 Å². The highest BCUT2D eigenvalue weighted by Crippen LogP contribution is 2.30. The average Bonchev–Trinajstić information content (AvgIpc) is 3.09. The number of thioether (sulfide) groups is 2. The number of carboxylic acids is 2. The van der Waals surface area contributed by atoms with Crippen LogP contribution in [-0.2, 0) is 23.8 Å². The third-order valence-electron chi connectivity index (χ3n) is 9.91. The number of hydrogen-bond acceptors (Lipinski definition) is 7. The van der Waals surface area contributed by atoms with Gasteiger partial charge in [-0.2, -0.15) is 23.5 Å². The van der Waals surface area contributed by atoms with Crippen molar-refractivity contribution in [3.8, 4) is 0 Å². The Hall–Kier alpha value is -0.480.